The molecule has 0 aliphatic heterocycles. The van der Waals surface area contributed by atoms with Crippen LogP contribution in [0.1, 0.15) is 59.1 Å². The summed E-state index contributed by atoms with van der Waals surface area (Å²) in [7, 11) is 0. The van der Waals surface area contributed by atoms with Crippen LogP contribution in [0.15, 0.2) is 71.8 Å². The quantitative estimate of drug-likeness (QED) is 0.538. The van der Waals surface area contributed by atoms with Crippen molar-refractivity contribution in [1.29, 1.82) is 0 Å². The van der Waals surface area contributed by atoms with Crippen LogP contribution in [0.3, 0.4) is 0 Å². The summed E-state index contributed by atoms with van der Waals surface area (Å²) in [6.45, 7) is 14.1. The van der Waals surface area contributed by atoms with Gasteiger partial charge in [-0.2, -0.15) is 0 Å². The van der Waals surface area contributed by atoms with Gasteiger partial charge < -0.3 is 0 Å². The largest absolute Gasteiger partial charge is 0.0622 e. The van der Waals surface area contributed by atoms with Crippen molar-refractivity contribution in [2.45, 2.75) is 48.0 Å². The minimum absolute atomic E-state index is 0.115. The van der Waals surface area contributed by atoms with Crippen LogP contribution in [0.25, 0.3) is 11.1 Å². The molecule has 0 saturated heterocycles. The van der Waals surface area contributed by atoms with E-state index in [4.69, 9.17) is 0 Å². The van der Waals surface area contributed by atoms with Crippen LogP contribution < -0.4 is 0 Å². The van der Waals surface area contributed by atoms with Gasteiger partial charge in [0.15, 0.2) is 0 Å². The average molecular weight is 331 g/mol. The number of hydrogen-bond acceptors (Lipinski definition) is 0. The fraction of sp³-hybridized carbons (Fsp3) is 0.360. The van der Waals surface area contributed by atoms with Crippen molar-refractivity contribution < 1.29 is 0 Å². The Morgan fingerprint density at radius 2 is 1.08 bits per heavy atom. The summed E-state index contributed by atoms with van der Waals surface area (Å²) >= 11 is 0. The van der Waals surface area contributed by atoms with Crippen molar-refractivity contribution >= 4 is 11.1 Å². The van der Waals surface area contributed by atoms with Gasteiger partial charge in [0.05, 0.1) is 0 Å². The van der Waals surface area contributed by atoms with Crippen LogP contribution in [-0.4, -0.2) is 0 Å². The minimum Gasteiger partial charge on any atom is -0.0622 e. The van der Waals surface area contributed by atoms with Gasteiger partial charge >= 0.3 is 0 Å². The fourth-order valence-corrected chi connectivity index (χ4v) is 3.93. The summed E-state index contributed by atoms with van der Waals surface area (Å²) in [5.41, 5.74) is 9.00. The molecule has 0 heteroatoms. The zero-order chi connectivity index (χ0) is 18.2. The van der Waals surface area contributed by atoms with E-state index in [1.54, 1.807) is 5.57 Å². The Morgan fingerprint density at radius 3 is 1.52 bits per heavy atom. The van der Waals surface area contributed by atoms with Crippen LogP contribution in [-0.2, 0) is 0 Å². The lowest BCUT2D eigenvalue weighted by Gasteiger charge is -2.31. The van der Waals surface area contributed by atoms with Crippen LogP contribution in [0, 0.1) is 10.8 Å². The first-order valence-electron chi connectivity index (χ1n) is 9.28. The van der Waals surface area contributed by atoms with Crippen LogP contribution >= 0.6 is 0 Å². The monoisotopic (exact) mass is 330 g/mol. The maximum Gasteiger partial charge on any atom is -0.00434 e. The minimum atomic E-state index is 0.115. The molecule has 0 radical (unpaired) electrons. The van der Waals surface area contributed by atoms with E-state index in [0.29, 0.717) is 0 Å². The van der Waals surface area contributed by atoms with Gasteiger partial charge in [0.1, 0.15) is 0 Å². The molecule has 0 atom stereocenters. The molecule has 3 rings (SSSR count). The smallest absolute Gasteiger partial charge is 0.00434 e. The first-order valence-corrected chi connectivity index (χ1v) is 9.28. The van der Waals surface area contributed by atoms with Gasteiger partial charge in [-0.15, -0.1) is 0 Å². The van der Waals surface area contributed by atoms with Crippen molar-refractivity contribution in [1.82, 2.24) is 0 Å². The molecule has 0 saturated carbocycles. The summed E-state index contributed by atoms with van der Waals surface area (Å²) in [6.07, 6.45) is 1.05. The van der Waals surface area contributed by atoms with Gasteiger partial charge in [-0.25, -0.2) is 0 Å². The maximum atomic E-state index is 2.35. The van der Waals surface area contributed by atoms with Gasteiger partial charge in [-0.1, -0.05) is 108 Å². The van der Waals surface area contributed by atoms with Crippen LogP contribution in [0.4, 0.5) is 0 Å². The Morgan fingerprint density at radius 1 is 0.600 bits per heavy atom. The van der Waals surface area contributed by atoms with Crippen molar-refractivity contribution in [2.24, 2.45) is 10.8 Å². The molecule has 0 aromatic heterocycles. The SMILES string of the molecule is CC(C)(C)C1=C(C(C)(C)C)C(c2ccccc2)=C(c2ccccc2)C1. The molecule has 1 aliphatic carbocycles. The number of allylic oxidation sites excluding steroid dienone is 4. The standard InChI is InChI=1S/C25H30/c1-24(2,3)21-17-20(18-13-9-7-10-14-18)22(23(21)25(4,5)6)19-15-11-8-12-16-19/h7-16H,17H2,1-6H3. The van der Waals surface area contributed by atoms with Crippen molar-refractivity contribution in [3.05, 3.63) is 82.9 Å². The van der Waals surface area contributed by atoms with E-state index in [9.17, 15) is 0 Å². The highest BCUT2D eigenvalue weighted by molar-refractivity contribution is 6.03. The Balaban J connectivity index is 2.32. The highest BCUT2D eigenvalue weighted by atomic mass is 14.4. The second kappa shape index (κ2) is 6.33. The zero-order valence-electron chi connectivity index (χ0n) is 16.5. The van der Waals surface area contributed by atoms with Gasteiger partial charge in [0.25, 0.3) is 0 Å². The topological polar surface area (TPSA) is 0 Å². The molecule has 1 aliphatic rings. The molecule has 0 nitrogen and oxygen atoms in total. The van der Waals surface area contributed by atoms with E-state index in [0.717, 1.165) is 6.42 Å². The summed E-state index contributed by atoms with van der Waals surface area (Å²) in [5.74, 6) is 0. The lowest BCUT2D eigenvalue weighted by Crippen LogP contribution is -2.17. The zero-order valence-corrected chi connectivity index (χ0v) is 16.5. The van der Waals surface area contributed by atoms with Gasteiger partial charge in [-0.3, -0.25) is 0 Å². The van der Waals surface area contributed by atoms with Crippen LogP contribution in [0.5, 0.6) is 0 Å². The van der Waals surface area contributed by atoms with Crippen molar-refractivity contribution in [3.63, 3.8) is 0 Å². The predicted molar refractivity (Wildman–Crippen MR) is 110 cm³/mol. The lowest BCUT2D eigenvalue weighted by molar-refractivity contribution is 0.454. The van der Waals surface area contributed by atoms with Gasteiger partial charge in [-0.05, 0) is 45.1 Å². The molecule has 2 aromatic carbocycles. The molecule has 0 bridgehead atoms. The number of hydrogen-bond donors (Lipinski definition) is 0. The summed E-state index contributed by atoms with van der Waals surface area (Å²) in [6, 6.07) is 21.8. The van der Waals surface area contributed by atoms with Gasteiger partial charge in [0, 0.05) is 0 Å². The third kappa shape index (κ3) is 3.49. The van der Waals surface area contributed by atoms with E-state index in [2.05, 4.69) is 102 Å². The van der Waals surface area contributed by atoms with E-state index in [1.165, 1.54) is 27.8 Å². The van der Waals surface area contributed by atoms with Crippen LogP contribution in [0.2, 0.25) is 0 Å². The Bertz CT molecular complexity index is 804. The van der Waals surface area contributed by atoms with Gasteiger partial charge in [0.2, 0.25) is 0 Å². The first kappa shape index (κ1) is 17.7. The van der Waals surface area contributed by atoms with E-state index < -0.39 is 0 Å². The summed E-state index contributed by atoms with van der Waals surface area (Å²) < 4.78 is 0. The fourth-order valence-electron chi connectivity index (χ4n) is 3.93. The molecule has 130 valence electrons. The summed E-state index contributed by atoms with van der Waals surface area (Å²) in [4.78, 5) is 0. The maximum absolute atomic E-state index is 2.35. The van der Waals surface area contributed by atoms with Crippen molar-refractivity contribution in [2.75, 3.05) is 0 Å². The summed E-state index contributed by atoms with van der Waals surface area (Å²) in [5, 5.41) is 0. The molecule has 0 heterocycles. The average Bonchev–Trinajstić information content (AvgIpc) is 2.97. The molecule has 2 aromatic rings. The molecular formula is C25H30. The molecular weight excluding hydrogens is 300 g/mol. The molecule has 0 amide bonds. The Kier molecular flexibility index (Phi) is 4.49. The molecule has 0 unspecified atom stereocenters. The Labute approximate surface area is 153 Å². The third-order valence-corrected chi connectivity index (χ3v) is 5.05. The number of rotatable bonds is 2. The second-order valence-corrected chi connectivity index (χ2v) is 9.12. The van der Waals surface area contributed by atoms with E-state index in [-0.39, 0.29) is 10.8 Å². The molecule has 0 N–H and O–H groups in total. The van der Waals surface area contributed by atoms with E-state index in [1.807, 2.05) is 0 Å². The normalized spacial score (nSPS) is 15.9. The highest BCUT2D eigenvalue weighted by Gasteiger charge is 2.37. The molecule has 0 spiro atoms. The van der Waals surface area contributed by atoms with Crippen molar-refractivity contribution in [3.8, 4) is 0 Å². The first-order chi connectivity index (χ1) is 11.7. The third-order valence-electron chi connectivity index (χ3n) is 5.05. The van der Waals surface area contributed by atoms with E-state index >= 15 is 0 Å². The number of benzene rings is 2. The Hall–Kier alpha value is -2.08. The lowest BCUT2D eigenvalue weighted by atomic mass is 9.73. The second-order valence-electron chi connectivity index (χ2n) is 9.12. The predicted octanol–water partition coefficient (Wildman–Crippen LogP) is 7.39. The highest BCUT2D eigenvalue weighted by Crippen LogP contribution is 2.54. The molecule has 0 fully saturated rings. The molecule has 25 heavy (non-hydrogen) atoms.